The number of pyridine rings is 2. The largest absolute Gasteiger partial charge is 0.341 e. The summed E-state index contributed by atoms with van der Waals surface area (Å²) in [6, 6.07) is 10.5. The van der Waals surface area contributed by atoms with Gasteiger partial charge in [0.2, 0.25) is 5.91 Å². The molecule has 1 unspecified atom stereocenters. The molecule has 1 saturated heterocycles. The Balaban J connectivity index is 1.19. The van der Waals surface area contributed by atoms with E-state index in [1.807, 2.05) is 43.5 Å². The van der Waals surface area contributed by atoms with E-state index < -0.39 is 0 Å². The number of nitrogens with zero attached hydrogens (tertiary/aromatic N) is 5. The molecule has 0 spiro atoms. The van der Waals surface area contributed by atoms with Gasteiger partial charge in [0.25, 0.3) is 0 Å². The number of nitrogens with one attached hydrogen (secondary N) is 1. The number of likely N-dealkylation sites (N-methyl/N-ethyl adjacent to an activating group) is 1. The number of carbonyl (C=O) groups is 1. The second-order valence-electron chi connectivity index (χ2n) is 10.1. The molecule has 2 fully saturated rings. The van der Waals surface area contributed by atoms with Crippen LogP contribution in [0.15, 0.2) is 42.7 Å². The van der Waals surface area contributed by atoms with Crippen LogP contribution in [0, 0.1) is 12.8 Å². The number of rotatable bonds is 6. The van der Waals surface area contributed by atoms with E-state index >= 15 is 0 Å². The number of aromatic nitrogens is 3. The molecule has 184 valence electrons. The summed E-state index contributed by atoms with van der Waals surface area (Å²) in [7, 11) is 4.21. The minimum absolute atomic E-state index is 0.172. The summed E-state index contributed by atoms with van der Waals surface area (Å²) >= 11 is 1.73. The van der Waals surface area contributed by atoms with Crippen LogP contribution in [0.2, 0.25) is 0 Å². The Labute approximate surface area is 211 Å². The van der Waals surface area contributed by atoms with Crippen LogP contribution >= 0.6 is 11.3 Å². The SMILES string of the molecule is Cc1ccnc(Nc2cccc(-c3cnc(C4CCC(C(=O)N5CCC(N(C)C)C5)CC4)s3)n2)c1. The Kier molecular flexibility index (Phi) is 7.11. The molecule has 0 radical (unpaired) electrons. The summed E-state index contributed by atoms with van der Waals surface area (Å²) in [6.45, 7) is 3.83. The predicted octanol–water partition coefficient (Wildman–Crippen LogP) is 5.09. The van der Waals surface area contributed by atoms with Gasteiger partial charge in [-0.3, -0.25) is 4.79 Å². The highest BCUT2D eigenvalue weighted by atomic mass is 32.1. The normalized spacial score (nSPS) is 22.5. The first-order valence-corrected chi connectivity index (χ1v) is 13.4. The molecule has 3 aromatic rings. The van der Waals surface area contributed by atoms with Crippen molar-refractivity contribution in [1.82, 2.24) is 24.8 Å². The lowest BCUT2D eigenvalue weighted by molar-refractivity contribution is -0.135. The number of anilines is 2. The average molecular weight is 491 g/mol. The smallest absolute Gasteiger partial charge is 0.225 e. The Morgan fingerprint density at radius 1 is 1.09 bits per heavy atom. The number of hydrogen-bond donors (Lipinski definition) is 1. The number of aryl methyl sites for hydroxylation is 1. The molecule has 1 amide bonds. The van der Waals surface area contributed by atoms with Crippen LogP contribution in [0.1, 0.15) is 48.6 Å². The predicted molar refractivity (Wildman–Crippen MR) is 141 cm³/mol. The van der Waals surface area contributed by atoms with Crippen LogP contribution in [-0.2, 0) is 4.79 Å². The summed E-state index contributed by atoms with van der Waals surface area (Å²) in [5, 5.41) is 4.46. The van der Waals surface area contributed by atoms with Crippen molar-refractivity contribution in [3.8, 4) is 10.6 Å². The molecule has 1 N–H and O–H groups in total. The standard InChI is InChI=1S/C27H34N6OS/c1-18-11-13-28-25(15-18)31-24-6-4-5-22(30-24)23-16-29-26(35-23)19-7-9-20(10-8-19)27(34)33-14-12-21(17-33)32(2)3/h4-6,11,13,15-16,19-21H,7-10,12,14,17H2,1-3H3,(H,28,30,31). The molecule has 0 aromatic carbocycles. The van der Waals surface area contributed by atoms with Gasteiger partial charge in [0.1, 0.15) is 11.6 Å². The van der Waals surface area contributed by atoms with Gasteiger partial charge < -0.3 is 15.1 Å². The zero-order chi connectivity index (χ0) is 24.4. The molecule has 7 nitrogen and oxygen atoms in total. The number of hydrogen-bond acceptors (Lipinski definition) is 7. The number of amides is 1. The first-order chi connectivity index (χ1) is 17.0. The summed E-state index contributed by atoms with van der Waals surface area (Å²) in [4.78, 5) is 32.4. The van der Waals surface area contributed by atoms with Crippen molar-refractivity contribution in [3.63, 3.8) is 0 Å². The highest BCUT2D eigenvalue weighted by Crippen LogP contribution is 2.40. The van der Waals surface area contributed by atoms with Crippen LogP contribution in [0.5, 0.6) is 0 Å². The van der Waals surface area contributed by atoms with Gasteiger partial charge >= 0.3 is 0 Å². The maximum Gasteiger partial charge on any atom is 0.225 e. The van der Waals surface area contributed by atoms with Gasteiger partial charge in [-0.15, -0.1) is 11.3 Å². The minimum atomic E-state index is 0.172. The molecular formula is C27H34N6OS. The van der Waals surface area contributed by atoms with Crippen molar-refractivity contribution >= 4 is 28.9 Å². The van der Waals surface area contributed by atoms with E-state index in [0.29, 0.717) is 17.9 Å². The maximum absolute atomic E-state index is 13.1. The molecule has 1 aliphatic carbocycles. The lowest BCUT2D eigenvalue weighted by Crippen LogP contribution is -2.38. The summed E-state index contributed by atoms with van der Waals surface area (Å²) in [5.74, 6) is 2.53. The quantitative estimate of drug-likeness (QED) is 0.519. The van der Waals surface area contributed by atoms with Crippen LogP contribution in [0.25, 0.3) is 10.6 Å². The molecule has 1 atom stereocenters. The maximum atomic E-state index is 13.1. The molecule has 0 bridgehead atoms. The Hall–Kier alpha value is -2.84. The molecule has 4 heterocycles. The topological polar surface area (TPSA) is 74.2 Å². The van der Waals surface area contributed by atoms with Crippen LogP contribution < -0.4 is 5.32 Å². The third-order valence-corrected chi connectivity index (χ3v) is 8.51. The Bertz CT molecular complexity index is 1170. The molecule has 3 aromatic heterocycles. The first kappa shape index (κ1) is 23.9. The fourth-order valence-electron chi connectivity index (χ4n) is 5.18. The summed E-state index contributed by atoms with van der Waals surface area (Å²) < 4.78 is 0. The molecule has 35 heavy (non-hydrogen) atoms. The molecule has 1 saturated carbocycles. The molecule has 8 heteroatoms. The van der Waals surface area contributed by atoms with Gasteiger partial charge in [-0.05, 0) is 83.0 Å². The van der Waals surface area contributed by atoms with E-state index in [0.717, 1.165) is 73.0 Å². The van der Waals surface area contributed by atoms with Crippen LogP contribution in [-0.4, -0.2) is 63.9 Å². The van der Waals surface area contributed by atoms with Crippen molar-refractivity contribution in [2.24, 2.45) is 5.92 Å². The molecule has 1 aliphatic heterocycles. The van der Waals surface area contributed by atoms with Crippen molar-refractivity contribution < 1.29 is 4.79 Å². The van der Waals surface area contributed by atoms with E-state index in [4.69, 9.17) is 9.97 Å². The second kappa shape index (κ2) is 10.4. The van der Waals surface area contributed by atoms with E-state index in [1.54, 1.807) is 17.5 Å². The fourth-order valence-corrected chi connectivity index (χ4v) is 6.24. The van der Waals surface area contributed by atoms with E-state index in [2.05, 4.69) is 34.2 Å². The van der Waals surface area contributed by atoms with Crippen LogP contribution in [0.4, 0.5) is 11.6 Å². The Morgan fingerprint density at radius 2 is 1.91 bits per heavy atom. The Morgan fingerprint density at radius 3 is 2.66 bits per heavy atom. The number of likely N-dealkylation sites (tertiary alicyclic amines) is 1. The van der Waals surface area contributed by atoms with Gasteiger partial charge in [0, 0.05) is 43.4 Å². The monoisotopic (exact) mass is 490 g/mol. The number of thiazole rings is 1. The summed E-state index contributed by atoms with van der Waals surface area (Å²) in [5.41, 5.74) is 2.07. The van der Waals surface area contributed by atoms with E-state index in [-0.39, 0.29) is 5.92 Å². The summed E-state index contributed by atoms with van der Waals surface area (Å²) in [6.07, 6.45) is 8.81. The highest BCUT2D eigenvalue weighted by Gasteiger charge is 2.34. The molecular weight excluding hydrogens is 456 g/mol. The number of carbonyl (C=O) groups excluding carboxylic acids is 1. The lowest BCUT2D eigenvalue weighted by Gasteiger charge is -2.30. The lowest BCUT2D eigenvalue weighted by atomic mass is 9.81. The third kappa shape index (κ3) is 5.54. The van der Waals surface area contributed by atoms with Gasteiger partial charge in [0.05, 0.1) is 15.6 Å². The van der Waals surface area contributed by atoms with Gasteiger partial charge in [-0.1, -0.05) is 6.07 Å². The highest BCUT2D eigenvalue weighted by molar-refractivity contribution is 7.15. The molecule has 5 rings (SSSR count). The zero-order valence-electron chi connectivity index (χ0n) is 20.8. The van der Waals surface area contributed by atoms with Crippen molar-refractivity contribution in [2.45, 2.75) is 51.0 Å². The van der Waals surface area contributed by atoms with Gasteiger partial charge in [-0.2, -0.15) is 0 Å². The fraction of sp³-hybridized carbons (Fsp3) is 0.481. The van der Waals surface area contributed by atoms with E-state index in [9.17, 15) is 4.79 Å². The van der Waals surface area contributed by atoms with Crippen molar-refractivity contribution in [1.29, 1.82) is 0 Å². The minimum Gasteiger partial charge on any atom is -0.341 e. The van der Waals surface area contributed by atoms with Crippen molar-refractivity contribution in [2.75, 3.05) is 32.5 Å². The first-order valence-electron chi connectivity index (χ1n) is 12.5. The van der Waals surface area contributed by atoms with Crippen molar-refractivity contribution in [3.05, 3.63) is 53.3 Å². The van der Waals surface area contributed by atoms with Crippen LogP contribution in [0.3, 0.4) is 0 Å². The molecule has 2 aliphatic rings. The zero-order valence-corrected chi connectivity index (χ0v) is 21.6. The third-order valence-electron chi connectivity index (χ3n) is 7.33. The van der Waals surface area contributed by atoms with E-state index in [1.165, 1.54) is 5.01 Å². The van der Waals surface area contributed by atoms with Gasteiger partial charge in [0.15, 0.2) is 0 Å². The van der Waals surface area contributed by atoms with Gasteiger partial charge in [-0.25, -0.2) is 15.0 Å². The second-order valence-corrected chi connectivity index (χ2v) is 11.1. The average Bonchev–Trinajstić information content (AvgIpc) is 3.55.